The minimum Gasteiger partial charge on any atom is -0.493 e. The first-order chi connectivity index (χ1) is 13.1. The number of fused-ring (bicyclic) bond motifs is 1. The number of hydrogen-bond donors (Lipinski definition) is 0. The first-order valence-electron chi connectivity index (χ1n) is 9.27. The number of piperazine rings is 1. The van der Waals surface area contributed by atoms with Gasteiger partial charge in [0.15, 0.2) is 0 Å². The van der Waals surface area contributed by atoms with Gasteiger partial charge in [0, 0.05) is 44.3 Å². The molecule has 2 aliphatic rings. The molecule has 0 radical (unpaired) electrons. The largest absolute Gasteiger partial charge is 0.493 e. The number of aromatic nitrogens is 1. The second-order valence-electron chi connectivity index (χ2n) is 7.26. The Morgan fingerprint density at radius 1 is 1.11 bits per heavy atom. The molecule has 0 spiro atoms. The Hall–Kier alpha value is -1.56. The summed E-state index contributed by atoms with van der Waals surface area (Å²) >= 11 is 12.3. The molecule has 0 aliphatic carbocycles. The van der Waals surface area contributed by atoms with Crippen molar-refractivity contribution in [2.45, 2.75) is 18.9 Å². The van der Waals surface area contributed by atoms with Gasteiger partial charge in [-0.2, -0.15) is 0 Å². The number of pyridine rings is 1. The monoisotopic (exact) mass is 409 g/mol. The zero-order chi connectivity index (χ0) is 18.8. The Kier molecular flexibility index (Phi) is 5.71. The van der Waals surface area contributed by atoms with E-state index in [0.29, 0.717) is 28.6 Å². The Balaban J connectivity index is 1.31. The van der Waals surface area contributed by atoms with E-state index in [-0.39, 0.29) is 5.82 Å². The molecule has 3 heterocycles. The van der Waals surface area contributed by atoms with E-state index in [1.807, 2.05) is 0 Å². The molecule has 2 aromatic rings. The van der Waals surface area contributed by atoms with Crippen LogP contribution in [0.1, 0.15) is 12.8 Å². The van der Waals surface area contributed by atoms with Crippen molar-refractivity contribution in [1.82, 2.24) is 9.88 Å². The molecule has 0 saturated carbocycles. The van der Waals surface area contributed by atoms with Crippen LogP contribution in [0.2, 0.25) is 10.0 Å². The molecule has 2 fully saturated rings. The quantitative estimate of drug-likeness (QED) is 0.742. The smallest absolute Gasteiger partial charge is 0.147 e. The van der Waals surface area contributed by atoms with Crippen molar-refractivity contribution in [2.75, 3.05) is 37.7 Å². The fourth-order valence-corrected chi connectivity index (χ4v) is 4.47. The summed E-state index contributed by atoms with van der Waals surface area (Å²) in [5, 5.41) is 1.17. The average molecular weight is 410 g/mol. The molecule has 7 heteroatoms. The number of hydrogen-bond acceptors (Lipinski definition) is 4. The van der Waals surface area contributed by atoms with E-state index in [1.54, 1.807) is 24.4 Å². The third-order valence-corrected chi connectivity index (χ3v) is 5.88. The van der Waals surface area contributed by atoms with Crippen LogP contribution in [-0.2, 0) is 0 Å². The summed E-state index contributed by atoms with van der Waals surface area (Å²) in [6.07, 6.45) is 3.90. The highest BCUT2D eigenvalue weighted by Crippen LogP contribution is 2.31. The lowest BCUT2D eigenvalue weighted by atomic mass is 9.91. The lowest BCUT2D eigenvalue weighted by Gasteiger charge is -2.46. The van der Waals surface area contributed by atoms with Crippen molar-refractivity contribution in [3.05, 3.63) is 52.4 Å². The summed E-state index contributed by atoms with van der Waals surface area (Å²) in [6, 6.07) is 8.49. The fraction of sp³-hybridized carbons (Fsp3) is 0.450. The van der Waals surface area contributed by atoms with Crippen LogP contribution in [0, 0.1) is 11.7 Å². The van der Waals surface area contributed by atoms with Crippen LogP contribution in [-0.4, -0.2) is 48.7 Å². The lowest BCUT2D eigenvalue weighted by Crippen LogP contribution is -2.57. The van der Waals surface area contributed by atoms with Gasteiger partial charge in [0.1, 0.15) is 17.4 Å². The molecular formula is C20H22Cl2FN3O. The fourth-order valence-electron chi connectivity index (χ4n) is 3.97. The van der Waals surface area contributed by atoms with Gasteiger partial charge in [-0.05, 0) is 43.2 Å². The molecule has 4 rings (SSSR count). The van der Waals surface area contributed by atoms with Crippen molar-refractivity contribution in [3.63, 3.8) is 0 Å². The van der Waals surface area contributed by atoms with Gasteiger partial charge < -0.3 is 9.64 Å². The van der Waals surface area contributed by atoms with E-state index >= 15 is 0 Å². The van der Waals surface area contributed by atoms with Gasteiger partial charge in [0.05, 0.1) is 16.7 Å². The van der Waals surface area contributed by atoms with E-state index in [0.717, 1.165) is 50.6 Å². The number of rotatable bonds is 4. The minimum atomic E-state index is -0.240. The summed E-state index contributed by atoms with van der Waals surface area (Å²) in [6.45, 7) is 4.51. The summed E-state index contributed by atoms with van der Waals surface area (Å²) in [4.78, 5) is 9.22. The molecule has 0 bridgehead atoms. The second-order valence-corrected chi connectivity index (χ2v) is 8.11. The number of anilines is 1. The summed E-state index contributed by atoms with van der Waals surface area (Å²) < 4.78 is 18.8. The highest BCUT2D eigenvalue weighted by molar-refractivity contribution is 6.36. The van der Waals surface area contributed by atoms with Gasteiger partial charge in [-0.1, -0.05) is 23.2 Å². The molecule has 27 heavy (non-hydrogen) atoms. The number of halogens is 3. The zero-order valence-corrected chi connectivity index (χ0v) is 16.5. The molecule has 1 aromatic heterocycles. The van der Waals surface area contributed by atoms with Crippen LogP contribution in [0.15, 0.2) is 36.5 Å². The first kappa shape index (κ1) is 18.8. The molecule has 2 atom stereocenters. The number of piperidine rings is 1. The molecule has 4 nitrogen and oxygen atoms in total. The third-order valence-electron chi connectivity index (χ3n) is 5.39. The Morgan fingerprint density at radius 2 is 1.93 bits per heavy atom. The summed E-state index contributed by atoms with van der Waals surface area (Å²) in [5.41, 5.74) is 0. The van der Waals surface area contributed by atoms with Crippen LogP contribution in [0.4, 0.5) is 10.2 Å². The van der Waals surface area contributed by atoms with Crippen LogP contribution in [0.3, 0.4) is 0 Å². The van der Waals surface area contributed by atoms with E-state index in [4.69, 9.17) is 27.9 Å². The second kappa shape index (κ2) is 8.21. The first-order valence-corrected chi connectivity index (χ1v) is 10.0. The van der Waals surface area contributed by atoms with Gasteiger partial charge in [0.25, 0.3) is 0 Å². The Morgan fingerprint density at radius 3 is 2.70 bits per heavy atom. The highest BCUT2D eigenvalue weighted by Gasteiger charge is 2.34. The SMILES string of the molecule is Fc1ccc(OC[C@@H]2CC[C@H]3CN(c4ncc(Cl)cc4Cl)CCN3C2)cc1. The van der Waals surface area contributed by atoms with Gasteiger partial charge in [-0.15, -0.1) is 0 Å². The zero-order valence-electron chi connectivity index (χ0n) is 15.0. The molecule has 0 unspecified atom stereocenters. The standard InChI is InChI=1S/C20H22Cl2FN3O/c21-15-9-19(22)20(24-10-15)26-8-7-25-11-14(1-4-17(25)12-26)13-27-18-5-2-16(23)3-6-18/h2-3,5-6,9-10,14,17H,1,4,7-8,11-13H2/t14-,17+/m1/s1. The van der Waals surface area contributed by atoms with Gasteiger partial charge in [0.2, 0.25) is 0 Å². The topological polar surface area (TPSA) is 28.6 Å². The van der Waals surface area contributed by atoms with Gasteiger partial charge in [-0.3, -0.25) is 4.90 Å². The van der Waals surface area contributed by atoms with Crippen LogP contribution < -0.4 is 9.64 Å². The van der Waals surface area contributed by atoms with Crippen LogP contribution in [0.25, 0.3) is 0 Å². The Bertz CT molecular complexity index is 789. The van der Waals surface area contributed by atoms with Crippen LogP contribution >= 0.6 is 23.2 Å². The Labute approximate surface area is 168 Å². The maximum absolute atomic E-state index is 13.0. The van der Waals surface area contributed by atoms with E-state index in [9.17, 15) is 4.39 Å². The van der Waals surface area contributed by atoms with E-state index in [1.165, 1.54) is 12.1 Å². The molecule has 0 N–H and O–H groups in total. The maximum Gasteiger partial charge on any atom is 0.147 e. The average Bonchev–Trinajstić information content (AvgIpc) is 2.67. The van der Waals surface area contributed by atoms with Gasteiger partial charge >= 0.3 is 0 Å². The molecule has 2 aliphatic heterocycles. The highest BCUT2D eigenvalue weighted by atomic mass is 35.5. The van der Waals surface area contributed by atoms with Crippen molar-refractivity contribution in [3.8, 4) is 5.75 Å². The van der Waals surface area contributed by atoms with Crippen molar-refractivity contribution < 1.29 is 9.13 Å². The van der Waals surface area contributed by atoms with Crippen molar-refractivity contribution in [1.29, 1.82) is 0 Å². The van der Waals surface area contributed by atoms with Crippen molar-refractivity contribution in [2.24, 2.45) is 5.92 Å². The minimum absolute atomic E-state index is 0.240. The predicted molar refractivity (Wildman–Crippen MR) is 106 cm³/mol. The third kappa shape index (κ3) is 4.48. The predicted octanol–water partition coefficient (Wildman–Crippen LogP) is 4.51. The molecule has 2 saturated heterocycles. The summed E-state index contributed by atoms with van der Waals surface area (Å²) in [7, 11) is 0. The normalized spacial score (nSPS) is 23.1. The lowest BCUT2D eigenvalue weighted by molar-refractivity contribution is 0.0727. The number of nitrogens with zero attached hydrogens (tertiary/aromatic N) is 3. The van der Waals surface area contributed by atoms with Crippen LogP contribution in [0.5, 0.6) is 5.75 Å². The maximum atomic E-state index is 13.0. The molecule has 0 amide bonds. The molecular weight excluding hydrogens is 388 g/mol. The molecule has 1 aromatic carbocycles. The summed E-state index contributed by atoms with van der Waals surface area (Å²) in [5.74, 6) is 1.81. The van der Waals surface area contributed by atoms with Crippen molar-refractivity contribution >= 4 is 29.0 Å². The number of benzene rings is 1. The van der Waals surface area contributed by atoms with E-state index in [2.05, 4.69) is 14.8 Å². The van der Waals surface area contributed by atoms with Gasteiger partial charge in [-0.25, -0.2) is 9.37 Å². The molecule has 144 valence electrons. The number of ether oxygens (including phenoxy) is 1. The van der Waals surface area contributed by atoms with E-state index < -0.39 is 0 Å².